The fourth-order valence-corrected chi connectivity index (χ4v) is 2.22. The third-order valence-corrected chi connectivity index (χ3v) is 3.51. The fourth-order valence-electron chi connectivity index (χ4n) is 2.22. The minimum absolute atomic E-state index is 0.386. The van der Waals surface area contributed by atoms with Crippen LogP contribution in [0.1, 0.15) is 38.3 Å². The van der Waals surface area contributed by atoms with Gasteiger partial charge in [0.2, 0.25) is 0 Å². The van der Waals surface area contributed by atoms with Crippen LogP contribution in [0, 0.1) is 5.92 Å². The maximum absolute atomic E-state index is 5.65. The van der Waals surface area contributed by atoms with Crippen molar-refractivity contribution in [2.45, 2.75) is 32.7 Å². The van der Waals surface area contributed by atoms with Crippen molar-refractivity contribution in [1.82, 2.24) is 5.32 Å². The number of hydrogen-bond donors (Lipinski definition) is 1. The van der Waals surface area contributed by atoms with E-state index in [0.717, 1.165) is 24.8 Å². The van der Waals surface area contributed by atoms with Gasteiger partial charge in [0, 0.05) is 5.56 Å². The topological polar surface area (TPSA) is 21.3 Å². The summed E-state index contributed by atoms with van der Waals surface area (Å²) in [5.74, 6) is 1.83. The van der Waals surface area contributed by atoms with E-state index < -0.39 is 0 Å². The van der Waals surface area contributed by atoms with E-state index in [-0.39, 0.29) is 0 Å². The molecule has 1 unspecified atom stereocenters. The maximum atomic E-state index is 5.65. The molecule has 1 aliphatic rings. The minimum Gasteiger partial charge on any atom is -0.491 e. The lowest BCUT2D eigenvalue weighted by Crippen LogP contribution is -2.27. The Morgan fingerprint density at radius 2 is 2.06 bits per heavy atom. The zero-order valence-electron chi connectivity index (χ0n) is 10.2. The Labute approximate surface area is 98.0 Å². The Morgan fingerprint density at radius 3 is 2.81 bits per heavy atom. The summed E-state index contributed by atoms with van der Waals surface area (Å²) < 4.78 is 5.65. The van der Waals surface area contributed by atoms with E-state index in [2.05, 4.69) is 31.3 Å². The lowest BCUT2D eigenvalue weighted by atomic mass is 10.0. The van der Waals surface area contributed by atoms with Gasteiger partial charge in [-0.25, -0.2) is 0 Å². The van der Waals surface area contributed by atoms with Crippen LogP contribution in [-0.4, -0.2) is 13.2 Å². The van der Waals surface area contributed by atoms with Gasteiger partial charge in [0.1, 0.15) is 12.4 Å². The lowest BCUT2D eigenvalue weighted by Gasteiger charge is -2.17. The van der Waals surface area contributed by atoms with Gasteiger partial charge in [-0.15, -0.1) is 0 Å². The van der Waals surface area contributed by atoms with E-state index in [0.29, 0.717) is 6.04 Å². The Kier molecular flexibility index (Phi) is 3.83. The summed E-state index contributed by atoms with van der Waals surface area (Å²) in [5.41, 5.74) is 1.31. The molecule has 2 heteroatoms. The predicted octanol–water partition coefficient (Wildman–Crippen LogP) is 3.15. The molecule has 0 radical (unpaired) electrons. The molecule has 0 spiro atoms. The molecule has 0 fully saturated rings. The average molecular weight is 219 g/mol. The van der Waals surface area contributed by atoms with Crippen LogP contribution in [0.3, 0.4) is 0 Å². The molecule has 0 amide bonds. The highest BCUT2D eigenvalue weighted by Gasteiger charge is 2.23. The van der Waals surface area contributed by atoms with Gasteiger partial charge >= 0.3 is 0 Å². The second-order valence-corrected chi connectivity index (χ2v) is 4.49. The van der Waals surface area contributed by atoms with Crippen LogP contribution >= 0.6 is 0 Å². The van der Waals surface area contributed by atoms with Crippen molar-refractivity contribution in [1.29, 1.82) is 0 Å². The van der Waals surface area contributed by atoms with Crippen molar-refractivity contribution in [3.63, 3.8) is 0 Å². The van der Waals surface area contributed by atoms with Crippen LogP contribution in [-0.2, 0) is 0 Å². The number of benzene rings is 1. The summed E-state index contributed by atoms with van der Waals surface area (Å²) in [6.07, 6.45) is 2.50. The normalized spacial score (nSPS) is 18.6. The molecule has 0 aromatic heterocycles. The van der Waals surface area contributed by atoms with Crippen LogP contribution < -0.4 is 10.1 Å². The molecule has 1 N–H and O–H groups in total. The number of para-hydroxylation sites is 1. The highest BCUT2D eigenvalue weighted by Crippen LogP contribution is 2.31. The number of rotatable bonds is 5. The van der Waals surface area contributed by atoms with Gasteiger partial charge < -0.3 is 10.1 Å². The average Bonchev–Trinajstić information content (AvgIpc) is 2.74. The molecule has 0 bridgehead atoms. The quantitative estimate of drug-likeness (QED) is 0.821. The first-order valence-corrected chi connectivity index (χ1v) is 6.30. The predicted molar refractivity (Wildman–Crippen MR) is 66.8 cm³/mol. The summed E-state index contributed by atoms with van der Waals surface area (Å²) >= 11 is 0. The van der Waals surface area contributed by atoms with Crippen LogP contribution in [0.15, 0.2) is 24.3 Å². The molecule has 2 rings (SSSR count). The third kappa shape index (κ3) is 2.38. The number of ether oxygens (including phenoxy) is 1. The van der Waals surface area contributed by atoms with E-state index in [1.807, 2.05) is 12.1 Å². The van der Waals surface area contributed by atoms with Gasteiger partial charge in [-0.1, -0.05) is 44.9 Å². The second-order valence-electron chi connectivity index (χ2n) is 4.49. The molecule has 0 saturated carbocycles. The molecule has 16 heavy (non-hydrogen) atoms. The zero-order chi connectivity index (χ0) is 11.4. The number of fused-ring (bicyclic) bond motifs is 1. The summed E-state index contributed by atoms with van der Waals surface area (Å²) in [7, 11) is 0. The fraction of sp³-hybridized carbons (Fsp3) is 0.571. The van der Waals surface area contributed by atoms with Gasteiger partial charge in [-0.2, -0.15) is 0 Å². The second kappa shape index (κ2) is 5.35. The van der Waals surface area contributed by atoms with Gasteiger partial charge in [0.25, 0.3) is 0 Å². The van der Waals surface area contributed by atoms with Gasteiger partial charge in [-0.05, 0) is 18.5 Å². The van der Waals surface area contributed by atoms with Crippen molar-refractivity contribution >= 4 is 0 Å². The molecular formula is C14H21NO. The molecule has 1 aromatic rings. The molecular weight excluding hydrogens is 198 g/mol. The van der Waals surface area contributed by atoms with Gasteiger partial charge in [0.05, 0.1) is 6.04 Å². The van der Waals surface area contributed by atoms with Crippen molar-refractivity contribution in [3.8, 4) is 5.75 Å². The molecule has 88 valence electrons. The maximum Gasteiger partial charge on any atom is 0.124 e. The largest absolute Gasteiger partial charge is 0.491 e. The van der Waals surface area contributed by atoms with Crippen molar-refractivity contribution in [3.05, 3.63) is 29.8 Å². The summed E-state index contributed by atoms with van der Waals surface area (Å²) in [6, 6.07) is 8.71. The standard InChI is InChI=1S/C14H21NO/c1-3-11(4-2)9-15-13-10-16-14-8-6-5-7-12(13)14/h5-8,11,13,15H,3-4,9-10H2,1-2H3. The molecule has 0 saturated heterocycles. The van der Waals surface area contributed by atoms with E-state index in [1.54, 1.807) is 0 Å². The number of nitrogens with one attached hydrogen (secondary N) is 1. The smallest absolute Gasteiger partial charge is 0.124 e. The van der Waals surface area contributed by atoms with Crippen LogP contribution in [0.2, 0.25) is 0 Å². The van der Waals surface area contributed by atoms with E-state index in [1.165, 1.54) is 18.4 Å². The third-order valence-electron chi connectivity index (χ3n) is 3.51. The first-order valence-electron chi connectivity index (χ1n) is 6.30. The summed E-state index contributed by atoms with van der Waals surface area (Å²) in [5, 5.41) is 3.61. The van der Waals surface area contributed by atoms with E-state index >= 15 is 0 Å². The Balaban J connectivity index is 1.93. The highest BCUT2D eigenvalue weighted by atomic mass is 16.5. The summed E-state index contributed by atoms with van der Waals surface area (Å²) in [4.78, 5) is 0. The molecule has 0 aliphatic carbocycles. The highest BCUT2D eigenvalue weighted by molar-refractivity contribution is 5.39. The van der Waals surface area contributed by atoms with Crippen LogP contribution in [0.25, 0.3) is 0 Å². The summed E-state index contributed by atoms with van der Waals surface area (Å²) in [6.45, 7) is 6.39. The molecule has 1 aromatic carbocycles. The lowest BCUT2D eigenvalue weighted by molar-refractivity contribution is 0.300. The van der Waals surface area contributed by atoms with E-state index in [9.17, 15) is 0 Å². The monoisotopic (exact) mass is 219 g/mol. The molecule has 2 nitrogen and oxygen atoms in total. The molecule has 1 atom stereocenters. The minimum atomic E-state index is 0.386. The van der Waals surface area contributed by atoms with E-state index in [4.69, 9.17) is 4.74 Å². The van der Waals surface area contributed by atoms with Crippen molar-refractivity contribution in [2.75, 3.05) is 13.2 Å². The first-order chi connectivity index (χ1) is 7.85. The zero-order valence-corrected chi connectivity index (χ0v) is 10.2. The van der Waals surface area contributed by atoms with Gasteiger partial charge in [-0.3, -0.25) is 0 Å². The SMILES string of the molecule is CCC(CC)CNC1COc2ccccc21. The number of hydrogen-bond acceptors (Lipinski definition) is 2. The Hall–Kier alpha value is -1.02. The van der Waals surface area contributed by atoms with Crippen LogP contribution in [0.5, 0.6) is 5.75 Å². The Morgan fingerprint density at radius 1 is 1.31 bits per heavy atom. The van der Waals surface area contributed by atoms with Crippen molar-refractivity contribution in [2.24, 2.45) is 5.92 Å². The molecule has 1 aliphatic heterocycles. The molecule has 1 heterocycles. The first kappa shape index (κ1) is 11.5. The van der Waals surface area contributed by atoms with Crippen molar-refractivity contribution < 1.29 is 4.74 Å². The van der Waals surface area contributed by atoms with Gasteiger partial charge in [0.15, 0.2) is 0 Å². The Bertz CT molecular complexity index is 333. The van der Waals surface area contributed by atoms with Crippen LogP contribution in [0.4, 0.5) is 0 Å².